The first-order valence-electron chi connectivity index (χ1n) is 7.56. The van der Waals surface area contributed by atoms with Crippen LogP contribution in [0, 0.1) is 5.92 Å². The first-order valence-corrected chi connectivity index (χ1v) is 7.56. The highest BCUT2D eigenvalue weighted by Crippen LogP contribution is 2.22. The number of unbranched alkanes of at least 4 members (excludes halogenated alkanes) is 1. The van der Waals surface area contributed by atoms with Crippen molar-refractivity contribution in [3.63, 3.8) is 0 Å². The van der Waals surface area contributed by atoms with E-state index in [9.17, 15) is 0 Å². The Bertz CT molecular complexity index is 373. The standard InChI is InChI=1S/C16H26N2/c1-3-5-7-13(4-2)12-17-16-11-10-14-8-6-9-15(14)18-16/h10-11,13H,3-9,12H2,1-2H3,(H,17,18). The second kappa shape index (κ2) is 6.77. The lowest BCUT2D eigenvalue weighted by Crippen LogP contribution is -2.14. The van der Waals surface area contributed by atoms with Crippen molar-refractivity contribution >= 4 is 5.82 Å². The van der Waals surface area contributed by atoms with Crippen LogP contribution < -0.4 is 5.32 Å². The SMILES string of the molecule is CCCCC(CC)CNc1ccc2c(n1)CCC2. The molecule has 0 radical (unpaired) electrons. The highest BCUT2D eigenvalue weighted by molar-refractivity contribution is 5.40. The van der Waals surface area contributed by atoms with Crippen LogP contribution in [-0.2, 0) is 12.8 Å². The molecule has 0 saturated carbocycles. The van der Waals surface area contributed by atoms with Crippen molar-refractivity contribution in [2.45, 2.75) is 58.8 Å². The molecule has 1 aromatic rings. The molecule has 1 N–H and O–H groups in total. The van der Waals surface area contributed by atoms with Gasteiger partial charge >= 0.3 is 0 Å². The predicted octanol–water partition coefficient (Wildman–Crippen LogP) is 4.20. The van der Waals surface area contributed by atoms with Crippen LogP contribution in [0.2, 0.25) is 0 Å². The second-order valence-corrected chi connectivity index (χ2v) is 5.45. The van der Waals surface area contributed by atoms with Gasteiger partial charge in [0.1, 0.15) is 5.82 Å². The number of pyridine rings is 1. The van der Waals surface area contributed by atoms with E-state index in [0.717, 1.165) is 24.7 Å². The van der Waals surface area contributed by atoms with E-state index in [1.54, 1.807) is 0 Å². The number of hydrogen-bond acceptors (Lipinski definition) is 2. The van der Waals surface area contributed by atoms with E-state index in [2.05, 4.69) is 31.3 Å². The fourth-order valence-electron chi connectivity index (χ4n) is 2.71. The maximum atomic E-state index is 4.73. The Balaban J connectivity index is 1.85. The van der Waals surface area contributed by atoms with Gasteiger partial charge in [-0.25, -0.2) is 4.98 Å². The number of fused-ring (bicyclic) bond motifs is 1. The molecule has 2 heteroatoms. The van der Waals surface area contributed by atoms with Crippen molar-refractivity contribution < 1.29 is 0 Å². The topological polar surface area (TPSA) is 24.9 Å². The third-order valence-corrected chi connectivity index (χ3v) is 4.04. The molecule has 100 valence electrons. The van der Waals surface area contributed by atoms with Gasteiger partial charge < -0.3 is 5.32 Å². The number of nitrogens with one attached hydrogen (secondary N) is 1. The Kier molecular flexibility index (Phi) is 5.03. The van der Waals surface area contributed by atoms with Gasteiger partial charge in [-0.2, -0.15) is 0 Å². The molecule has 1 aliphatic carbocycles. The maximum Gasteiger partial charge on any atom is 0.126 e. The number of anilines is 1. The van der Waals surface area contributed by atoms with Gasteiger partial charge in [0.25, 0.3) is 0 Å². The zero-order valence-electron chi connectivity index (χ0n) is 11.8. The fraction of sp³-hybridized carbons (Fsp3) is 0.688. The van der Waals surface area contributed by atoms with Gasteiger partial charge in [0.2, 0.25) is 0 Å². The molecule has 1 unspecified atom stereocenters. The van der Waals surface area contributed by atoms with Gasteiger partial charge in [0.05, 0.1) is 0 Å². The molecular formula is C16H26N2. The average Bonchev–Trinajstić information content (AvgIpc) is 2.86. The molecule has 0 aliphatic heterocycles. The summed E-state index contributed by atoms with van der Waals surface area (Å²) in [5.41, 5.74) is 2.78. The molecule has 2 rings (SSSR count). The molecule has 1 aromatic heterocycles. The summed E-state index contributed by atoms with van der Waals surface area (Å²) >= 11 is 0. The highest BCUT2D eigenvalue weighted by atomic mass is 15.0. The molecule has 1 aliphatic rings. The summed E-state index contributed by atoms with van der Waals surface area (Å²) < 4.78 is 0. The van der Waals surface area contributed by atoms with E-state index in [4.69, 9.17) is 4.98 Å². The van der Waals surface area contributed by atoms with Crippen LogP contribution in [0.25, 0.3) is 0 Å². The zero-order valence-corrected chi connectivity index (χ0v) is 11.8. The third kappa shape index (κ3) is 3.47. The van der Waals surface area contributed by atoms with Gasteiger partial charge in [0.15, 0.2) is 0 Å². The second-order valence-electron chi connectivity index (χ2n) is 5.45. The van der Waals surface area contributed by atoms with Crippen molar-refractivity contribution in [3.8, 4) is 0 Å². The number of aryl methyl sites for hydroxylation is 2. The summed E-state index contributed by atoms with van der Waals surface area (Å²) in [6.45, 7) is 5.63. The van der Waals surface area contributed by atoms with E-state index in [0.29, 0.717) is 0 Å². The third-order valence-electron chi connectivity index (χ3n) is 4.04. The Morgan fingerprint density at radius 2 is 2.17 bits per heavy atom. The van der Waals surface area contributed by atoms with Crippen LogP contribution in [0.15, 0.2) is 12.1 Å². The minimum atomic E-state index is 0.792. The number of hydrogen-bond donors (Lipinski definition) is 1. The van der Waals surface area contributed by atoms with E-state index < -0.39 is 0 Å². The monoisotopic (exact) mass is 246 g/mol. The Morgan fingerprint density at radius 1 is 1.28 bits per heavy atom. The summed E-state index contributed by atoms with van der Waals surface area (Å²) in [5, 5.41) is 3.52. The molecule has 0 amide bonds. The van der Waals surface area contributed by atoms with E-state index in [1.165, 1.54) is 49.8 Å². The molecule has 18 heavy (non-hydrogen) atoms. The average molecular weight is 246 g/mol. The normalized spacial score (nSPS) is 15.4. The molecule has 0 bridgehead atoms. The summed E-state index contributed by atoms with van der Waals surface area (Å²) in [6.07, 6.45) is 8.91. The lowest BCUT2D eigenvalue weighted by Gasteiger charge is -2.16. The van der Waals surface area contributed by atoms with Crippen molar-refractivity contribution in [1.82, 2.24) is 4.98 Å². The van der Waals surface area contributed by atoms with Crippen LogP contribution in [-0.4, -0.2) is 11.5 Å². The van der Waals surface area contributed by atoms with Gasteiger partial charge in [-0.05, 0) is 43.2 Å². The minimum Gasteiger partial charge on any atom is -0.370 e. The lowest BCUT2D eigenvalue weighted by atomic mass is 9.99. The number of rotatable bonds is 7. The summed E-state index contributed by atoms with van der Waals surface area (Å²) in [7, 11) is 0. The Labute approximate surface area is 111 Å². The van der Waals surface area contributed by atoms with Crippen LogP contribution in [0.3, 0.4) is 0 Å². The molecule has 1 atom stereocenters. The highest BCUT2D eigenvalue weighted by Gasteiger charge is 2.12. The smallest absolute Gasteiger partial charge is 0.126 e. The molecule has 0 fully saturated rings. The Hall–Kier alpha value is -1.05. The molecule has 0 spiro atoms. The lowest BCUT2D eigenvalue weighted by molar-refractivity contribution is 0.472. The molecule has 0 aromatic carbocycles. The van der Waals surface area contributed by atoms with Crippen molar-refractivity contribution in [2.75, 3.05) is 11.9 Å². The summed E-state index contributed by atoms with van der Waals surface area (Å²) in [5.74, 6) is 1.87. The first-order chi connectivity index (χ1) is 8.83. The van der Waals surface area contributed by atoms with E-state index >= 15 is 0 Å². The molecule has 1 heterocycles. The zero-order chi connectivity index (χ0) is 12.8. The van der Waals surface area contributed by atoms with Crippen molar-refractivity contribution in [2.24, 2.45) is 5.92 Å². The van der Waals surface area contributed by atoms with Gasteiger partial charge in [-0.3, -0.25) is 0 Å². The predicted molar refractivity (Wildman–Crippen MR) is 78.1 cm³/mol. The van der Waals surface area contributed by atoms with Crippen LogP contribution >= 0.6 is 0 Å². The quantitative estimate of drug-likeness (QED) is 0.780. The maximum absolute atomic E-state index is 4.73. The summed E-state index contributed by atoms with van der Waals surface area (Å²) in [4.78, 5) is 4.73. The van der Waals surface area contributed by atoms with Gasteiger partial charge in [0, 0.05) is 12.2 Å². The van der Waals surface area contributed by atoms with Gasteiger partial charge in [-0.15, -0.1) is 0 Å². The number of nitrogens with zero attached hydrogens (tertiary/aromatic N) is 1. The van der Waals surface area contributed by atoms with Gasteiger partial charge in [-0.1, -0.05) is 39.2 Å². The molecule has 0 saturated heterocycles. The Morgan fingerprint density at radius 3 is 2.94 bits per heavy atom. The summed E-state index contributed by atoms with van der Waals surface area (Å²) in [6, 6.07) is 4.40. The van der Waals surface area contributed by atoms with Crippen molar-refractivity contribution in [3.05, 3.63) is 23.4 Å². The van der Waals surface area contributed by atoms with E-state index in [1.807, 2.05) is 0 Å². The number of aromatic nitrogens is 1. The largest absolute Gasteiger partial charge is 0.370 e. The molecule has 2 nitrogen and oxygen atoms in total. The van der Waals surface area contributed by atoms with E-state index in [-0.39, 0.29) is 0 Å². The first kappa shape index (κ1) is 13.4. The van der Waals surface area contributed by atoms with Crippen LogP contribution in [0.5, 0.6) is 0 Å². The van der Waals surface area contributed by atoms with Crippen molar-refractivity contribution in [1.29, 1.82) is 0 Å². The van der Waals surface area contributed by atoms with Crippen LogP contribution in [0.4, 0.5) is 5.82 Å². The molecular weight excluding hydrogens is 220 g/mol. The fourth-order valence-corrected chi connectivity index (χ4v) is 2.71. The van der Waals surface area contributed by atoms with Crippen LogP contribution in [0.1, 0.15) is 57.2 Å². The minimum absolute atomic E-state index is 0.792.